The summed E-state index contributed by atoms with van der Waals surface area (Å²) < 4.78 is 0. The molecule has 0 radical (unpaired) electrons. The second-order valence-corrected chi connectivity index (χ2v) is 5.25. The molecule has 0 aliphatic heterocycles. The van der Waals surface area contributed by atoms with E-state index in [1.807, 2.05) is 32.9 Å². The number of carbonyl (C=O) groups is 1. The van der Waals surface area contributed by atoms with E-state index >= 15 is 0 Å². The molecule has 0 atom stereocenters. The number of hydrogen-bond acceptors (Lipinski definition) is 2. The summed E-state index contributed by atoms with van der Waals surface area (Å²) in [6.07, 6.45) is 0.488. The van der Waals surface area contributed by atoms with Gasteiger partial charge in [-0.15, -0.1) is 0 Å². The smallest absolute Gasteiger partial charge is 0.319 e. The maximum atomic E-state index is 11.8. The van der Waals surface area contributed by atoms with Crippen LogP contribution in [-0.4, -0.2) is 23.3 Å². The molecule has 2 amide bonds. The van der Waals surface area contributed by atoms with Gasteiger partial charge in [0.05, 0.1) is 10.7 Å². The van der Waals surface area contributed by atoms with Crippen molar-refractivity contribution in [1.82, 2.24) is 5.32 Å². The second kappa shape index (κ2) is 6.07. The third kappa shape index (κ3) is 4.20. The Hall–Kier alpha value is -1.26. The van der Waals surface area contributed by atoms with E-state index < -0.39 is 5.54 Å². The Balaban J connectivity index is 2.68. The zero-order valence-electron chi connectivity index (χ0n) is 10.9. The highest BCUT2D eigenvalue weighted by Gasteiger charge is 2.20. The van der Waals surface area contributed by atoms with Crippen molar-refractivity contribution in [2.75, 3.05) is 11.9 Å². The number of anilines is 1. The lowest BCUT2D eigenvalue weighted by Crippen LogP contribution is -2.46. The van der Waals surface area contributed by atoms with Crippen molar-refractivity contribution in [2.24, 2.45) is 0 Å². The molecule has 0 aliphatic rings. The fraction of sp³-hybridized carbons (Fsp3) is 0.462. The third-order valence-electron chi connectivity index (χ3n) is 2.63. The minimum absolute atomic E-state index is 0.0263. The quantitative estimate of drug-likeness (QED) is 0.788. The number of aliphatic hydroxyl groups excluding tert-OH is 1. The first-order valence-electron chi connectivity index (χ1n) is 5.81. The largest absolute Gasteiger partial charge is 0.396 e. The molecule has 0 bridgehead atoms. The first kappa shape index (κ1) is 14.8. The number of amides is 2. The van der Waals surface area contributed by atoms with Gasteiger partial charge in [0.2, 0.25) is 0 Å². The van der Waals surface area contributed by atoms with Crippen molar-refractivity contribution >= 4 is 23.3 Å². The number of halogens is 1. The van der Waals surface area contributed by atoms with Crippen molar-refractivity contribution in [1.29, 1.82) is 0 Å². The molecule has 100 valence electrons. The molecule has 0 aliphatic carbocycles. The molecular formula is C13H19ClN2O2. The zero-order chi connectivity index (χ0) is 13.8. The Morgan fingerprint density at radius 3 is 2.72 bits per heavy atom. The van der Waals surface area contributed by atoms with Crippen LogP contribution in [0.4, 0.5) is 10.5 Å². The number of aryl methyl sites for hydroxylation is 1. The number of urea groups is 1. The summed E-state index contributed by atoms with van der Waals surface area (Å²) in [4.78, 5) is 11.8. The van der Waals surface area contributed by atoms with Gasteiger partial charge >= 0.3 is 6.03 Å². The minimum Gasteiger partial charge on any atom is -0.396 e. The van der Waals surface area contributed by atoms with Gasteiger partial charge in [-0.2, -0.15) is 0 Å². The standard InChI is InChI=1S/C13H19ClN2O2/c1-9-5-4-6-10(11(9)14)15-12(18)16-13(2,3)7-8-17/h4-6,17H,7-8H2,1-3H3,(H2,15,16,18). The van der Waals surface area contributed by atoms with Crippen LogP contribution >= 0.6 is 11.6 Å². The predicted octanol–water partition coefficient (Wildman–Crippen LogP) is 2.93. The lowest BCUT2D eigenvalue weighted by molar-refractivity contribution is 0.218. The fourth-order valence-electron chi connectivity index (χ4n) is 1.55. The summed E-state index contributed by atoms with van der Waals surface area (Å²) in [5.74, 6) is 0. The highest BCUT2D eigenvalue weighted by atomic mass is 35.5. The van der Waals surface area contributed by atoms with E-state index in [2.05, 4.69) is 10.6 Å². The molecule has 5 heteroatoms. The molecule has 3 N–H and O–H groups in total. The summed E-state index contributed by atoms with van der Waals surface area (Å²) in [5, 5.41) is 14.9. The number of aliphatic hydroxyl groups is 1. The van der Waals surface area contributed by atoms with Crippen molar-refractivity contribution in [3.05, 3.63) is 28.8 Å². The SMILES string of the molecule is Cc1cccc(NC(=O)NC(C)(C)CCO)c1Cl. The Morgan fingerprint density at radius 2 is 2.11 bits per heavy atom. The molecule has 0 saturated heterocycles. The highest BCUT2D eigenvalue weighted by Crippen LogP contribution is 2.25. The van der Waals surface area contributed by atoms with E-state index in [0.717, 1.165) is 5.56 Å². The van der Waals surface area contributed by atoms with Crippen molar-refractivity contribution in [2.45, 2.75) is 32.7 Å². The topological polar surface area (TPSA) is 61.4 Å². The van der Waals surface area contributed by atoms with E-state index in [-0.39, 0.29) is 12.6 Å². The van der Waals surface area contributed by atoms with Gasteiger partial charge in [-0.05, 0) is 38.8 Å². The Labute approximate surface area is 112 Å². The van der Waals surface area contributed by atoms with E-state index in [4.69, 9.17) is 16.7 Å². The lowest BCUT2D eigenvalue weighted by atomic mass is 10.0. The molecule has 0 aromatic heterocycles. The van der Waals surface area contributed by atoms with Gasteiger partial charge in [0.1, 0.15) is 0 Å². The van der Waals surface area contributed by atoms with E-state index in [0.29, 0.717) is 17.1 Å². The molecule has 4 nitrogen and oxygen atoms in total. The van der Waals surface area contributed by atoms with Gasteiger partial charge in [0, 0.05) is 12.1 Å². The average Bonchev–Trinajstić information content (AvgIpc) is 2.23. The molecule has 1 aromatic carbocycles. The highest BCUT2D eigenvalue weighted by molar-refractivity contribution is 6.34. The number of rotatable bonds is 4. The lowest BCUT2D eigenvalue weighted by Gasteiger charge is -2.25. The van der Waals surface area contributed by atoms with E-state index in [9.17, 15) is 4.79 Å². The molecule has 1 rings (SSSR count). The van der Waals surface area contributed by atoms with E-state index in [1.165, 1.54) is 0 Å². The number of hydrogen-bond donors (Lipinski definition) is 3. The monoisotopic (exact) mass is 270 g/mol. The molecule has 0 unspecified atom stereocenters. The van der Waals surface area contributed by atoms with Crippen LogP contribution < -0.4 is 10.6 Å². The summed E-state index contributed by atoms with van der Waals surface area (Å²) in [6, 6.07) is 5.12. The Kier molecular flexibility index (Phi) is 4.99. The molecule has 0 fully saturated rings. The second-order valence-electron chi connectivity index (χ2n) is 4.87. The number of carbonyl (C=O) groups excluding carboxylic acids is 1. The summed E-state index contributed by atoms with van der Waals surface area (Å²) in [6.45, 7) is 5.60. The summed E-state index contributed by atoms with van der Waals surface area (Å²) in [5.41, 5.74) is 1.02. The maximum Gasteiger partial charge on any atom is 0.319 e. The van der Waals surface area contributed by atoms with Gasteiger partial charge in [-0.3, -0.25) is 0 Å². The van der Waals surface area contributed by atoms with Crippen LogP contribution in [0.1, 0.15) is 25.8 Å². The van der Waals surface area contributed by atoms with Crippen LogP contribution in [-0.2, 0) is 0 Å². The Morgan fingerprint density at radius 1 is 1.44 bits per heavy atom. The molecule has 0 saturated carbocycles. The predicted molar refractivity (Wildman–Crippen MR) is 74.1 cm³/mol. The van der Waals surface area contributed by atoms with Crippen LogP contribution in [0.5, 0.6) is 0 Å². The molecule has 0 heterocycles. The Bertz CT molecular complexity index is 433. The van der Waals surface area contributed by atoms with Gasteiger partial charge in [-0.1, -0.05) is 23.7 Å². The van der Waals surface area contributed by atoms with Crippen LogP contribution in [0, 0.1) is 6.92 Å². The molecular weight excluding hydrogens is 252 g/mol. The number of benzene rings is 1. The van der Waals surface area contributed by atoms with Crippen molar-refractivity contribution in [3.8, 4) is 0 Å². The van der Waals surface area contributed by atoms with Gasteiger partial charge in [-0.25, -0.2) is 4.79 Å². The minimum atomic E-state index is -0.463. The van der Waals surface area contributed by atoms with Gasteiger partial charge in [0.15, 0.2) is 0 Å². The third-order valence-corrected chi connectivity index (χ3v) is 3.13. The maximum absolute atomic E-state index is 11.8. The van der Waals surface area contributed by atoms with Crippen LogP contribution in [0.2, 0.25) is 5.02 Å². The van der Waals surface area contributed by atoms with Gasteiger partial charge < -0.3 is 15.7 Å². The first-order chi connectivity index (χ1) is 8.35. The summed E-state index contributed by atoms with van der Waals surface area (Å²) in [7, 11) is 0. The molecule has 18 heavy (non-hydrogen) atoms. The fourth-order valence-corrected chi connectivity index (χ4v) is 1.72. The van der Waals surface area contributed by atoms with Crippen molar-refractivity contribution in [3.63, 3.8) is 0 Å². The summed E-state index contributed by atoms with van der Waals surface area (Å²) >= 11 is 6.09. The van der Waals surface area contributed by atoms with Crippen LogP contribution in [0.3, 0.4) is 0 Å². The average molecular weight is 271 g/mol. The molecule has 1 aromatic rings. The van der Waals surface area contributed by atoms with Crippen LogP contribution in [0.15, 0.2) is 18.2 Å². The van der Waals surface area contributed by atoms with Crippen LogP contribution in [0.25, 0.3) is 0 Å². The van der Waals surface area contributed by atoms with Crippen molar-refractivity contribution < 1.29 is 9.90 Å². The normalized spacial score (nSPS) is 11.2. The zero-order valence-corrected chi connectivity index (χ0v) is 11.6. The molecule has 0 spiro atoms. The van der Waals surface area contributed by atoms with E-state index in [1.54, 1.807) is 6.07 Å². The first-order valence-corrected chi connectivity index (χ1v) is 6.18. The number of nitrogens with one attached hydrogen (secondary N) is 2. The van der Waals surface area contributed by atoms with Gasteiger partial charge in [0.25, 0.3) is 0 Å².